The lowest BCUT2D eigenvalue weighted by Crippen LogP contribution is -2.35. The van der Waals surface area contributed by atoms with E-state index in [1.165, 1.54) is 18.2 Å². The highest BCUT2D eigenvalue weighted by molar-refractivity contribution is 8.13. The van der Waals surface area contributed by atoms with Gasteiger partial charge in [0.2, 0.25) is 0 Å². The van der Waals surface area contributed by atoms with Crippen molar-refractivity contribution in [3.8, 4) is 0 Å². The summed E-state index contributed by atoms with van der Waals surface area (Å²) in [5.74, 6) is -0.196. The van der Waals surface area contributed by atoms with Crippen LogP contribution in [0.4, 0.5) is 0 Å². The fourth-order valence-corrected chi connectivity index (χ4v) is 3.62. The Morgan fingerprint density at radius 1 is 1.40 bits per heavy atom. The van der Waals surface area contributed by atoms with E-state index in [0.717, 1.165) is 19.3 Å². The predicted molar refractivity (Wildman–Crippen MR) is 78.8 cm³/mol. The van der Waals surface area contributed by atoms with E-state index in [0.29, 0.717) is 6.54 Å². The number of nitrogens with zero attached hydrogens (tertiary/aromatic N) is 1. The van der Waals surface area contributed by atoms with E-state index in [-0.39, 0.29) is 27.4 Å². The summed E-state index contributed by atoms with van der Waals surface area (Å²) in [6.07, 6.45) is 2.82. The third-order valence-electron chi connectivity index (χ3n) is 3.51. The number of hydrogen-bond acceptors (Lipinski definition) is 3. The number of likely N-dealkylation sites (tertiary alicyclic amines) is 1. The lowest BCUT2D eigenvalue weighted by atomic mass is 10.1. The summed E-state index contributed by atoms with van der Waals surface area (Å²) in [5, 5.41) is 0.183. The SMILES string of the molecule is CCC1CCCN1C(=O)c1cc(Cl)cc(S(=O)(=O)Cl)c1. The molecule has 1 aliphatic rings. The Balaban J connectivity index is 2.38. The van der Waals surface area contributed by atoms with Crippen molar-refractivity contribution in [1.29, 1.82) is 0 Å². The van der Waals surface area contributed by atoms with Crippen molar-refractivity contribution < 1.29 is 13.2 Å². The maximum atomic E-state index is 12.5. The maximum absolute atomic E-state index is 12.5. The van der Waals surface area contributed by atoms with Gasteiger partial charge in [-0.1, -0.05) is 18.5 Å². The largest absolute Gasteiger partial charge is 0.336 e. The van der Waals surface area contributed by atoms with E-state index in [9.17, 15) is 13.2 Å². The average molecular weight is 336 g/mol. The fraction of sp³-hybridized carbons (Fsp3) is 0.462. The third kappa shape index (κ3) is 3.27. The number of carbonyl (C=O) groups is 1. The monoisotopic (exact) mass is 335 g/mol. The second kappa shape index (κ2) is 5.92. The Kier molecular flexibility index (Phi) is 4.62. The molecule has 20 heavy (non-hydrogen) atoms. The Morgan fingerprint density at radius 2 is 2.10 bits per heavy atom. The van der Waals surface area contributed by atoms with E-state index in [2.05, 4.69) is 0 Å². The predicted octanol–water partition coefficient (Wildman–Crippen LogP) is 3.28. The van der Waals surface area contributed by atoms with Crippen molar-refractivity contribution in [3.63, 3.8) is 0 Å². The molecule has 0 radical (unpaired) electrons. The molecule has 1 aromatic rings. The van der Waals surface area contributed by atoms with E-state index in [1.54, 1.807) is 4.90 Å². The van der Waals surface area contributed by atoms with Gasteiger partial charge in [0.05, 0.1) is 4.90 Å². The molecule has 4 nitrogen and oxygen atoms in total. The van der Waals surface area contributed by atoms with Crippen LogP contribution in [0, 0.1) is 0 Å². The molecule has 0 spiro atoms. The molecule has 1 unspecified atom stereocenters. The first-order chi connectivity index (χ1) is 9.32. The molecule has 0 bridgehead atoms. The van der Waals surface area contributed by atoms with Crippen LogP contribution in [0.15, 0.2) is 23.1 Å². The fourth-order valence-electron chi connectivity index (χ4n) is 2.52. The summed E-state index contributed by atoms with van der Waals surface area (Å²) >= 11 is 5.88. The van der Waals surface area contributed by atoms with Gasteiger partial charge in [0.15, 0.2) is 0 Å². The first kappa shape index (κ1) is 15.6. The quantitative estimate of drug-likeness (QED) is 0.796. The summed E-state index contributed by atoms with van der Waals surface area (Å²) in [5.41, 5.74) is 0.261. The zero-order chi connectivity index (χ0) is 14.9. The molecule has 0 saturated carbocycles. The lowest BCUT2D eigenvalue weighted by molar-refractivity contribution is 0.0733. The number of rotatable bonds is 3. The smallest absolute Gasteiger partial charge is 0.261 e. The summed E-state index contributed by atoms with van der Waals surface area (Å²) in [7, 11) is 1.40. The van der Waals surface area contributed by atoms with Gasteiger partial charge in [-0.15, -0.1) is 0 Å². The Morgan fingerprint density at radius 3 is 2.70 bits per heavy atom. The molecule has 1 aliphatic heterocycles. The molecule has 1 atom stereocenters. The molecule has 110 valence electrons. The Bertz CT molecular complexity index is 631. The van der Waals surface area contributed by atoms with Gasteiger partial charge in [-0.05, 0) is 37.5 Å². The minimum absolute atomic E-state index is 0.151. The molecule has 1 amide bonds. The second-order valence-corrected chi connectivity index (χ2v) is 7.82. The van der Waals surface area contributed by atoms with Gasteiger partial charge in [0.1, 0.15) is 0 Å². The molecule has 0 aromatic heterocycles. The molecule has 1 heterocycles. The molecule has 7 heteroatoms. The van der Waals surface area contributed by atoms with Crippen molar-refractivity contribution in [2.45, 2.75) is 37.1 Å². The average Bonchev–Trinajstić information content (AvgIpc) is 2.84. The molecular formula is C13H15Cl2NO3S. The molecule has 1 aromatic carbocycles. The molecule has 2 rings (SSSR count). The standard InChI is InChI=1S/C13H15Cl2NO3S/c1-2-11-4-3-5-16(11)13(17)9-6-10(14)8-12(7-9)20(15,18)19/h6-8,11H,2-5H2,1H3. The van der Waals surface area contributed by atoms with Crippen LogP contribution in [0.3, 0.4) is 0 Å². The molecule has 1 saturated heterocycles. The van der Waals surface area contributed by atoms with Crippen LogP contribution in [0.2, 0.25) is 5.02 Å². The van der Waals surface area contributed by atoms with E-state index in [4.69, 9.17) is 22.3 Å². The van der Waals surface area contributed by atoms with Gasteiger partial charge >= 0.3 is 0 Å². The highest BCUT2D eigenvalue weighted by Crippen LogP contribution is 2.26. The Labute approximate surface area is 128 Å². The number of carbonyl (C=O) groups excluding carboxylic acids is 1. The van der Waals surface area contributed by atoms with Gasteiger partial charge in [0, 0.05) is 33.9 Å². The minimum Gasteiger partial charge on any atom is -0.336 e. The van der Waals surface area contributed by atoms with E-state index >= 15 is 0 Å². The normalized spacial score (nSPS) is 19.4. The van der Waals surface area contributed by atoms with E-state index in [1.807, 2.05) is 6.92 Å². The molecule has 0 N–H and O–H groups in total. The van der Waals surface area contributed by atoms with Crippen LogP contribution in [0.5, 0.6) is 0 Å². The highest BCUT2D eigenvalue weighted by Gasteiger charge is 2.28. The first-order valence-corrected chi connectivity index (χ1v) is 9.08. The first-order valence-electron chi connectivity index (χ1n) is 6.39. The van der Waals surface area contributed by atoms with Crippen LogP contribution in [-0.2, 0) is 9.05 Å². The van der Waals surface area contributed by atoms with Crippen molar-refractivity contribution >= 4 is 37.2 Å². The lowest BCUT2D eigenvalue weighted by Gasteiger charge is -2.23. The second-order valence-electron chi connectivity index (χ2n) is 4.82. The van der Waals surface area contributed by atoms with Crippen LogP contribution in [-0.4, -0.2) is 31.8 Å². The van der Waals surface area contributed by atoms with Gasteiger partial charge in [-0.2, -0.15) is 0 Å². The molecule has 0 aliphatic carbocycles. The van der Waals surface area contributed by atoms with Crippen LogP contribution in [0.1, 0.15) is 36.5 Å². The van der Waals surface area contributed by atoms with E-state index < -0.39 is 9.05 Å². The Hall–Kier alpha value is -0.780. The summed E-state index contributed by atoms with van der Waals surface area (Å²) in [4.78, 5) is 14.1. The molecular weight excluding hydrogens is 321 g/mol. The minimum atomic E-state index is -3.91. The number of halogens is 2. The summed E-state index contributed by atoms with van der Waals surface area (Å²) in [6, 6.07) is 4.20. The van der Waals surface area contributed by atoms with Crippen molar-refractivity contribution in [2.75, 3.05) is 6.54 Å². The molecule has 1 fully saturated rings. The number of hydrogen-bond donors (Lipinski definition) is 0. The zero-order valence-corrected chi connectivity index (χ0v) is 13.3. The maximum Gasteiger partial charge on any atom is 0.261 e. The summed E-state index contributed by atoms with van der Waals surface area (Å²) in [6.45, 7) is 2.72. The number of amides is 1. The van der Waals surface area contributed by atoms with Crippen molar-refractivity contribution in [3.05, 3.63) is 28.8 Å². The van der Waals surface area contributed by atoms with Crippen molar-refractivity contribution in [1.82, 2.24) is 4.90 Å². The van der Waals surface area contributed by atoms with Gasteiger partial charge < -0.3 is 4.90 Å². The topological polar surface area (TPSA) is 54.5 Å². The van der Waals surface area contributed by atoms with Gasteiger partial charge in [-0.3, -0.25) is 4.79 Å². The van der Waals surface area contributed by atoms with Crippen LogP contribution >= 0.6 is 22.3 Å². The van der Waals surface area contributed by atoms with Crippen LogP contribution in [0.25, 0.3) is 0 Å². The van der Waals surface area contributed by atoms with Gasteiger partial charge in [0.25, 0.3) is 15.0 Å². The number of benzene rings is 1. The zero-order valence-electron chi connectivity index (χ0n) is 11.0. The van der Waals surface area contributed by atoms with Crippen molar-refractivity contribution in [2.24, 2.45) is 0 Å². The van der Waals surface area contributed by atoms with Gasteiger partial charge in [-0.25, -0.2) is 8.42 Å². The van der Waals surface area contributed by atoms with Crippen LogP contribution < -0.4 is 0 Å². The summed E-state index contributed by atoms with van der Waals surface area (Å²) < 4.78 is 22.8. The highest BCUT2D eigenvalue weighted by atomic mass is 35.7. The third-order valence-corrected chi connectivity index (χ3v) is 5.06.